The van der Waals surface area contributed by atoms with Crippen LogP contribution in [0.1, 0.15) is 43.0 Å². The van der Waals surface area contributed by atoms with Gasteiger partial charge in [-0.3, -0.25) is 4.79 Å². The molecular formula is C24H29N7O. The van der Waals surface area contributed by atoms with Gasteiger partial charge in [-0.15, -0.1) is 0 Å². The maximum atomic E-state index is 11.6. The van der Waals surface area contributed by atoms with Gasteiger partial charge in [-0.1, -0.05) is 6.07 Å². The van der Waals surface area contributed by atoms with Gasteiger partial charge in [0.2, 0.25) is 5.91 Å². The lowest BCUT2D eigenvalue weighted by Gasteiger charge is -2.21. The molecule has 4 heterocycles. The molecule has 8 nitrogen and oxygen atoms in total. The second-order valence-electron chi connectivity index (χ2n) is 9.47. The van der Waals surface area contributed by atoms with Gasteiger partial charge in [0.15, 0.2) is 11.6 Å². The van der Waals surface area contributed by atoms with Gasteiger partial charge in [-0.05, 0) is 48.8 Å². The Bertz CT molecular complexity index is 1170. The molecule has 3 aliphatic rings. The number of aromatic nitrogens is 4. The summed E-state index contributed by atoms with van der Waals surface area (Å²) in [5.41, 5.74) is 3.44. The number of nitrogens with one attached hydrogen (secondary N) is 2. The smallest absolute Gasteiger partial charge is 0.220 e. The van der Waals surface area contributed by atoms with Crippen molar-refractivity contribution in [1.29, 1.82) is 0 Å². The number of hydrogen-bond donors (Lipinski definition) is 2. The second-order valence-corrected chi connectivity index (χ2v) is 9.47. The average molecular weight is 432 g/mol. The molecule has 8 heteroatoms. The summed E-state index contributed by atoms with van der Waals surface area (Å²) in [7, 11) is 2.12. The summed E-state index contributed by atoms with van der Waals surface area (Å²) in [5.74, 6) is 4.71. The van der Waals surface area contributed by atoms with Gasteiger partial charge in [-0.25, -0.2) is 15.0 Å². The normalized spacial score (nSPS) is 23.2. The van der Waals surface area contributed by atoms with E-state index < -0.39 is 0 Å². The Morgan fingerprint density at radius 3 is 2.84 bits per heavy atom. The number of carbonyl (C=O) groups excluding carboxylic acids is 1. The molecule has 2 unspecified atom stereocenters. The molecule has 1 saturated carbocycles. The summed E-state index contributed by atoms with van der Waals surface area (Å²) in [4.78, 5) is 28.0. The number of hydrogen-bond acceptors (Lipinski definition) is 6. The van der Waals surface area contributed by atoms with E-state index in [1.54, 1.807) is 12.4 Å². The Labute approximate surface area is 187 Å². The van der Waals surface area contributed by atoms with Gasteiger partial charge in [0.1, 0.15) is 5.82 Å². The van der Waals surface area contributed by atoms with Gasteiger partial charge in [0, 0.05) is 58.0 Å². The van der Waals surface area contributed by atoms with Crippen LogP contribution in [0.2, 0.25) is 0 Å². The minimum atomic E-state index is 0.185. The highest BCUT2D eigenvalue weighted by Gasteiger charge is 2.35. The predicted octanol–water partition coefficient (Wildman–Crippen LogP) is 2.82. The zero-order valence-corrected chi connectivity index (χ0v) is 18.4. The summed E-state index contributed by atoms with van der Waals surface area (Å²) in [6.07, 6.45) is 7.76. The Balaban J connectivity index is 1.16. The van der Waals surface area contributed by atoms with E-state index >= 15 is 0 Å². The minimum Gasteiger partial charge on any atom is -0.363 e. The topological polar surface area (TPSA) is 88.0 Å². The van der Waals surface area contributed by atoms with E-state index in [-0.39, 0.29) is 5.91 Å². The van der Waals surface area contributed by atoms with E-state index in [9.17, 15) is 4.79 Å². The van der Waals surface area contributed by atoms with E-state index in [0.717, 1.165) is 43.2 Å². The molecule has 0 bridgehead atoms. The van der Waals surface area contributed by atoms with Gasteiger partial charge in [-0.2, -0.15) is 0 Å². The number of fused-ring (bicyclic) bond motifs is 1. The van der Waals surface area contributed by atoms with Crippen molar-refractivity contribution in [3.63, 3.8) is 0 Å². The highest BCUT2D eigenvalue weighted by molar-refractivity contribution is 5.78. The summed E-state index contributed by atoms with van der Waals surface area (Å²) in [6, 6.07) is 6.52. The molecule has 2 atom stereocenters. The Morgan fingerprint density at radius 2 is 2.03 bits per heavy atom. The molecule has 3 aromatic rings. The first kappa shape index (κ1) is 19.5. The summed E-state index contributed by atoms with van der Waals surface area (Å²) in [6.45, 7) is 3.36. The predicted molar refractivity (Wildman–Crippen MR) is 123 cm³/mol. The molecule has 1 amide bonds. The van der Waals surface area contributed by atoms with Crippen molar-refractivity contribution in [2.24, 2.45) is 18.9 Å². The molecule has 2 N–H and O–H groups in total. The Hall–Kier alpha value is -3.16. The Morgan fingerprint density at radius 1 is 1.16 bits per heavy atom. The van der Waals surface area contributed by atoms with Crippen molar-refractivity contribution in [2.45, 2.75) is 38.1 Å². The minimum absolute atomic E-state index is 0.185. The highest BCUT2D eigenvalue weighted by atomic mass is 16.1. The quantitative estimate of drug-likeness (QED) is 0.624. The van der Waals surface area contributed by atoms with Crippen LogP contribution in [0.15, 0.2) is 30.6 Å². The van der Waals surface area contributed by atoms with E-state index in [1.165, 1.54) is 29.7 Å². The lowest BCUT2D eigenvalue weighted by atomic mass is 9.91. The first-order valence-corrected chi connectivity index (χ1v) is 11.7. The van der Waals surface area contributed by atoms with Crippen molar-refractivity contribution in [1.82, 2.24) is 24.8 Å². The first-order chi connectivity index (χ1) is 15.7. The first-order valence-electron chi connectivity index (χ1n) is 11.7. The number of rotatable bonds is 6. The lowest BCUT2D eigenvalue weighted by molar-refractivity contribution is -0.119. The van der Waals surface area contributed by atoms with Gasteiger partial charge < -0.3 is 20.1 Å². The molecule has 0 radical (unpaired) electrons. The van der Waals surface area contributed by atoms with E-state index in [4.69, 9.17) is 4.98 Å². The van der Waals surface area contributed by atoms with Crippen LogP contribution in [-0.4, -0.2) is 45.1 Å². The van der Waals surface area contributed by atoms with Crippen molar-refractivity contribution in [2.75, 3.05) is 29.9 Å². The Kier molecular flexibility index (Phi) is 4.73. The number of nitrogens with zero attached hydrogens (tertiary/aromatic N) is 5. The van der Waals surface area contributed by atoms with Crippen molar-refractivity contribution < 1.29 is 4.79 Å². The maximum absolute atomic E-state index is 11.6. The lowest BCUT2D eigenvalue weighted by Crippen LogP contribution is -2.25. The molecule has 32 heavy (non-hydrogen) atoms. The third-order valence-corrected chi connectivity index (χ3v) is 7.26. The number of imidazole rings is 1. The van der Waals surface area contributed by atoms with Gasteiger partial charge in [0.05, 0.1) is 11.0 Å². The van der Waals surface area contributed by atoms with Gasteiger partial charge >= 0.3 is 0 Å². The number of benzene rings is 1. The summed E-state index contributed by atoms with van der Waals surface area (Å²) in [5, 5.41) is 6.48. The number of amides is 1. The molecule has 0 spiro atoms. The van der Waals surface area contributed by atoms with E-state index in [1.807, 2.05) is 0 Å². The molecule has 166 valence electrons. The standard InChI is InChI=1S/C24H29N7O/c1-30-20-5-2-15(10-19(20)29-23(30)16-3-4-16)12-28-22-24(26-8-7-25-22)31-9-6-17(14-31)18-11-21(32)27-13-18/h2,5,7-8,10,16-18H,3-4,6,9,11-14H2,1H3,(H,25,28)(H,27,32). The molecule has 1 aromatic carbocycles. The second kappa shape index (κ2) is 7.76. The number of carbonyl (C=O) groups is 1. The highest BCUT2D eigenvalue weighted by Crippen LogP contribution is 2.40. The number of aryl methyl sites for hydroxylation is 1. The average Bonchev–Trinajstić information content (AvgIpc) is 3.21. The third kappa shape index (κ3) is 3.57. The van der Waals surface area contributed by atoms with Crippen molar-refractivity contribution >= 4 is 28.6 Å². The fraction of sp³-hybridized carbons (Fsp3) is 0.500. The van der Waals surface area contributed by atoms with Crippen LogP contribution in [0.5, 0.6) is 0 Å². The molecule has 6 rings (SSSR count). The van der Waals surface area contributed by atoms with Crippen LogP contribution >= 0.6 is 0 Å². The zero-order chi connectivity index (χ0) is 21.7. The molecule has 2 aliphatic heterocycles. The zero-order valence-electron chi connectivity index (χ0n) is 18.4. The molecule has 2 saturated heterocycles. The maximum Gasteiger partial charge on any atom is 0.220 e. The number of anilines is 2. The monoisotopic (exact) mass is 431 g/mol. The SMILES string of the molecule is Cn1c(C2CC2)nc2cc(CNc3nccnc3N3CCC(C4CNC(=O)C4)C3)ccc21. The van der Waals surface area contributed by atoms with Crippen LogP contribution in [0.3, 0.4) is 0 Å². The summed E-state index contributed by atoms with van der Waals surface area (Å²) < 4.78 is 2.24. The van der Waals surface area contributed by atoms with Crippen LogP contribution in [0.25, 0.3) is 11.0 Å². The fourth-order valence-corrected chi connectivity index (χ4v) is 5.28. The summed E-state index contributed by atoms with van der Waals surface area (Å²) >= 11 is 0. The molecular weight excluding hydrogens is 402 g/mol. The van der Waals surface area contributed by atoms with E-state index in [2.05, 4.69) is 55.3 Å². The van der Waals surface area contributed by atoms with Crippen molar-refractivity contribution in [3.05, 3.63) is 42.0 Å². The largest absolute Gasteiger partial charge is 0.363 e. The third-order valence-electron chi connectivity index (χ3n) is 7.26. The van der Waals surface area contributed by atoms with Crippen LogP contribution in [-0.2, 0) is 18.4 Å². The van der Waals surface area contributed by atoms with Crippen LogP contribution < -0.4 is 15.5 Å². The van der Waals surface area contributed by atoms with Crippen LogP contribution in [0.4, 0.5) is 11.6 Å². The van der Waals surface area contributed by atoms with E-state index in [0.29, 0.717) is 30.7 Å². The van der Waals surface area contributed by atoms with Gasteiger partial charge in [0.25, 0.3) is 0 Å². The molecule has 1 aliphatic carbocycles. The van der Waals surface area contributed by atoms with Crippen LogP contribution in [0, 0.1) is 11.8 Å². The fourth-order valence-electron chi connectivity index (χ4n) is 5.28. The molecule has 3 fully saturated rings. The molecule has 2 aromatic heterocycles. The van der Waals surface area contributed by atoms with Crippen molar-refractivity contribution in [3.8, 4) is 0 Å².